The van der Waals surface area contributed by atoms with Gasteiger partial charge < -0.3 is 26.7 Å². The molecule has 9 heteroatoms. The van der Waals surface area contributed by atoms with Crippen LogP contribution in [0.2, 0.25) is 0 Å². The van der Waals surface area contributed by atoms with Crippen LogP contribution < -0.4 is 17.2 Å². The predicted octanol–water partition coefficient (Wildman–Crippen LogP) is -0.118. The van der Waals surface area contributed by atoms with Crippen molar-refractivity contribution in [2.24, 2.45) is 17.2 Å². The Labute approximate surface area is 147 Å². The Balaban J connectivity index is 3.98. The predicted molar refractivity (Wildman–Crippen MR) is 89.8 cm³/mol. The zero-order valence-corrected chi connectivity index (χ0v) is 14.5. The van der Waals surface area contributed by atoms with Gasteiger partial charge in [0.05, 0.1) is 6.42 Å². The molecule has 0 unspecified atom stereocenters. The van der Waals surface area contributed by atoms with E-state index in [0.717, 1.165) is 25.7 Å². The molecular weight excluding hydrogens is 330 g/mol. The summed E-state index contributed by atoms with van der Waals surface area (Å²) in [6.45, 7) is 1.07. The number of carbonyl (C=O) groups excluding carboxylic acids is 4. The summed E-state index contributed by atoms with van der Waals surface area (Å²) in [6, 6.07) is -1.36. The molecule has 0 aliphatic heterocycles. The van der Waals surface area contributed by atoms with Crippen molar-refractivity contribution in [1.29, 1.82) is 0 Å². The number of nitrogens with two attached hydrogens (primary N) is 3. The van der Waals surface area contributed by atoms with Crippen LogP contribution in [-0.2, 0) is 28.7 Å². The Bertz CT molecular complexity index is 442. The Morgan fingerprint density at radius 1 is 0.680 bits per heavy atom. The molecule has 0 aliphatic rings. The van der Waals surface area contributed by atoms with E-state index < -0.39 is 36.3 Å². The summed E-state index contributed by atoms with van der Waals surface area (Å²) in [5, 5.41) is 0. The fourth-order valence-corrected chi connectivity index (χ4v) is 1.90. The smallest absolute Gasteiger partial charge is 0.331 e. The molecule has 0 amide bonds. The monoisotopic (exact) mass is 359 g/mol. The van der Waals surface area contributed by atoms with E-state index >= 15 is 0 Å². The third-order valence-electron chi connectivity index (χ3n) is 3.30. The third-order valence-corrected chi connectivity index (χ3v) is 3.30. The second kappa shape index (κ2) is 14.5. The van der Waals surface area contributed by atoms with E-state index in [1.165, 1.54) is 0 Å². The summed E-state index contributed by atoms with van der Waals surface area (Å²) in [7, 11) is 0. The minimum absolute atomic E-state index is 0.0736. The van der Waals surface area contributed by atoms with Crippen LogP contribution in [0.1, 0.15) is 57.8 Å². The van der Waals surface area contributed by atoms with Crippen molar-refractivity contribution in [2.75, 3.05) is 13.1 Å². The SMILES string of the molecule is NCCCCCC(=O)OC(=O)C[C@H](N)C(=O)OC(=O)CCCCCN. The van der Waals surface area contributed by atoms with Gasteiger partial charge in [0.25, 0.3) is 0 Å². The number of hydrogen-bond donors (Lipinski definition) is 3. The highest BCUT2D eigenvalue weighted by molar-refractivity contribution is 5.92. The van der Waals surface area contributed by atoms with E-state index in [0.29, 0.717) is 25.9 Å². The minimum Gasteiger partial charge on any atom is -0.393 e. The molecule has 0 saturated carbocycles. The standard InChI is InChI=1S/C16H29N3O6/c17-9-5-1-3-7-13(20)24-15(22)11-12(19)16(23)25-14(21)8-4-2-6-10-18/h12H,1-11,17-19H2/t12-/m0/s1. The second-order valence-corrected chi connectivity index (χ2v) is 5.65. The van der Waals surface area contributed by atoms with Crippen LogP contribution in [0.15, 0.2) is 0 Å². The van der Waals surface area contributed by atoms with E-state index in [9.17, 15) is 19.2 Å². The number of carbonyl (C=O) groups is 4. The normalized spacial score (nSPS) is 11.6. The molecule has 0 fully saturated rings. The first kappa shape index (κ1) is 23.2. The van der Waals surface area contributed by atoms with Gasteiger partial charge in [-0.2, -0.15) is 0 Å². The van der Waals surface area contributed by atoms with Crippen molar-refractivity contribution in [3.8, 4) is 0 Å². The highest BCUT2D eigenvalue weighted by Crippen LogP contribution is 2.04. The number of unbranched alkanes of at least 4 members (excludes halogenated alkanes) is 4. The molecule has 0 rings (SSSR count). The third kappa shape index (κ3) is 13.2. The van der Waals surface area contributed by atoms with Crippen LogP contribution in [-0.4, -0.2) is 43.0 Å². The lowest BCUT2D eigenvalue weighted by Gasteiger charge is -2.09. The van der Waals surface area contributed by atoms with Gasteiger partial charge in [-0.15, -0.1) is 0 Å². The molecule has 1 atom stereocenters. The molecule has 0 heterocycles. The average molecular weight is 359 g/mol. The van der Waals surface area contributed by atoms with Crippen molar-refractivity contribution >= 4 is 23.9 Å². The molecule has 0 spiro atoms. The number of ether oxygens (including phenoxy) is 2. The van der Waals surface area contributed by atoms with E-state index in [-0.39, 0.29) is 12.8 Å². The summed E-state index contributed by atoms with van der Waals surface area (Å²) in [4.78, 5) is 46.0. The summed E-state index contributed by atoms with van der Waals surface area (Å²) in [5.74, 6) is -3.33. The first-order chi connectivity index (χ1) is 11.9. The van der Waals surface area contributed by atoms with Crippen molar-refractivity contribution in [3.05, 3.63) is 0 Å². The van der Waals surface area contributed by atoms with Gasteiger partial charge in [0.2, 0.25) is 0 Å². The molecule has 0 radical (unpaired) electrons. The van der Waals surface area contributed by atoms with E-state index in [4.69, 9.17) is 17.2 Å². The van der Waals surface area contributed by atoms with Crippen molar-refractivity contribution in [1.82, 2.24) is 0 Å². The maximum absolute atomic E-state index is 11.6. The Kier molecular flexibility index (Phi) is 13.4. The van der Waals surface area contributed by atoms with Crippen LogP contribution in [0.25, 0.3) is 0 Å². The lowest BCUT2D eigenvalue weighted by atomic mass is 10.2. The van der Waals surface area contributed by atoms with Crippen LogP contribution in [0.5, 0.6) is 0 Å². The Morgan fingerprint density at radius 2 is 1.16 bits per heavy atom. The quantitative estimate of drug-likeness (QED) is 0.231. The Morgan fingerprint density at radius 3 is 1.64 bits per heavy atom. The number of esters is 4. The van der Waals surface area contributed by atoms with Gasteiger partial charge in [-0.1, -0.05) is 12.8 Å². The highest BCUT2D eigenvalue weighted by Gasteiger charge is 2.23. The minimum atomic E-state index is -1.36. The van der Waals surface area contributed by atoms with Crippen LogP contribution in [0.4, 0.5) is 0 Å². The lowest BCUT2D eigenvalue weighted by Crippen LogP contribution is -2.36. The van der Waals surface area contributed by atoms with Crippen molar-refractivity contribution in [2.45, 2.75) is 63.8 Å². The fourth-order valence-electron chi connectivity index (χ4n) is 1.90. The van der Waals surface area contributed by atoms with Crippen molar-refractivity contribution < 1.29 is 28.7 Å². The summed E-state index contributed by atoms with van der Waals surface area (Å²) >= 11 is 0. The van der Waals surface area contributed by atoms with Crippen LogP contribution in [0, 0.1) is 0 Å². The molecule has 0 aliphatic carbocycles. The molecule has 0 aromatic carbocycles. The molecule has 0 bridgehead atoms. The van der Waals surface area contributed by atoms with E-state index in [1.54, 1.807) is 0 Å². The van der Waals surface area contributed by atoms with E-state index in [2.05, 4.69) is 9.47 Å². The molecule has 25 heavy (non-hydrogen) atoms. The van der Waals surface area contributed by atoms with Crippen molar-refractivity contribution in [3.63, 3.8) is 0 Å². The van der Waals surface area contributed by atoms with E-state index in [1.807, 2.05) is 0 Å². The molecule has 0 aromatic heterocycles. The fraction of sp³-hybridized carbons (Fsp3) is 0.750. The average Bonchev–Trinajstić information content (AvgIpc) is 2.55. The molecule has 0 aromatic rings. The number of hydrogen-bond acceptors (Lipinski definition) is 9. The summed E-state index contributed by atoms with van der Waals surface area (Å²) in [6.07, 6.45) is 3.84. The summed E-state index contributed by atoms with van der Waals surface area (Å²) in [5.41, 5.74) is 16.1. The molecule has 9 nitrogen and oxygen atoms in total. The molecule has 0 saturated heterocycles. The largest absolute Gasteiger partial charge is 0.393 e. The first-order valence-electron chi connectivity index (χ1n) is 8.54. The molecular formula is C16H29N3O6. The second-order valence-electron chi connectivity index (χ2n) is 5.65. The van der Waals surface area contributed by atoms with Gasteiger partial charge in [0.1, 0.15) is 6.04 Å². The molecule has 6 N–H and O–H groups in total. The van der Waals surface area contributed by atoms with Crippen LogP contribution >= 0.6 is 0 Å². The van der Waals surface area contributed by atoms with Gasteiger partial charge in [-0.25, -0.2) is 4.79 Å². The first-order valence-corrected chi connectivity index (χ1v) is 8.54. The maximum atomic E-state index is 11.6. The molecule has 144 valence electrons. The zero-order chi connectivity index (χ0) is 19.1. The van der Waals surface area contributed by atoms with Gasteiger partial charge in [-0.05, 0) is 38.8 Å². The Hall–Kier alpha value is -1.84. The summed E-state index contributed by atoms with van der Waals surface area (Å²) < 4.78 is 9.11. The lowest BCUT2D eigenvalue weighted by molar-refractivity contribution is -0.166. The van der Waals surface area contributed by atoms with Gasteiger partial charge >= 0.3 is 23.9 Å². The number of rotatable bonds is 13. The topological polar surface area (TPSA) is 165 Å². The van der Waals surface area contributed by atoms with Gasteiger partial charge in [0.15, 0.2) is 0 Å². The zero-order valence-electron chi connectivity index (χ0n) is 14.5. The highest BCUT2D eigenvalue weighted by atomic mass is 16.6. The maximum Gasteiger partial charge on any atom is 0.331 e. The van der Waals surface area contributed by atoms with Crippen LogP contribution in [0.3, 0.4) is 0 Å². The van der Waals surface area contributed by atoms with Gasteiger partial charge in [-0.3, -0.25) is 14.4 Å². The van der Waals surface area contributed by atoms with Gasteiger partial charge in [0, 0.05) is 12.8 Å².